The Kier molecular flexibility index (Phi) is 3.99. The summed E-state index contributed by atoms with van der Waals surface area (Å²) >= 11 is 0. The fourth-order valence-electron chi connectivity index (χ4n) is 1.31. The van der Waals surface area contributed by atoms with E-state index in [-0.39, 0.29) is 17.4 Å². The molecule has 0 radical (unpaired) electrons. The van der Waals surface area contributed by atoms with Crippen LogP contribution in [-0.2, 0) is 0 Å². The van der Waals surface area contributed by atoms with Gasteiger partial charge in [-0.25, -0.2) is 4.39 Å². The number of nitrogens with one attached hydrogen (secondary N) is 1. The molecule has 1 aromatic carbocycles. The van der Waals surface area contributed by atoms with Gasteiger partial charge in [-0.3, -0.25) is 10.1 Å². The molecule has 0 amide bonds. The molecule has 0 aromatic heterocycles. The quantitative estimate of drug-likeness (QED) is 0.475. The van der Waals surface area contributed by atoms with Gasteiger partial charge in [-0.2, -0.15) is 0 Å². The van der Waals surface area contributed by atoms with Crippen LogP contribution in [0.3, 0.4) is 0 Å². The Morgan fingerprint density at radius 2 is 2.38 bits per heavy atom. The van der Waals surface area contributed by atoms with Crippen LogP contribution in [-0.4, -0.2) is 11.0 Å². The first-order valence-electron chi connectivity index (χ1n) is 4.86. The summed E-state index contributed by atoms with van der Waals surface area (Å²) in [7, 11) is 0. The van der Waals surface area contributed by atoms with Crippen LogP contribution in [0.2, 0.25) is 0 Å². The Balaban J connectivity index is 2.82. The minimum absolute atomic E-state index is 0.0356. The third-order valence-electron chi connectivity index (χ3n) is 2.09. The Labute approximate surface area is 92.9 Å². The van der Waals surface area contributed by atoms with E-state index in [0.29, 0.717) is 6.42 Å². The second-order valence-electron chi connectivity index (χ2n) is 3.49. The summed E-state index contributed by atoms with van der Waals surface area (Å²) in [5.74, 6) is -0.620. The minimum atomic E-state index is -0.625. The minimum Gasteiger partial charge on any atom is -0.380 e. The number of anilines is 1. The van der Waals surface area contributed by atoms with Gasteiger partial charge in [0.2, 0.25) is 0 Å². The maximum absolute atomic E-state index is 13.4. The van der Waals surface area contributed by atoms with Gasteiger partial charge in [-0.1, -0.05) is 6.08 Å². The molecule has 1 rings (SSSR count). The molecule has 0 saturated heterocycles. The molecule has 86 valence electrons. The van der Waals surface area contributed by atoms with Crippen molar-refractivity contribution >= 4 is 11.4 Å². The van der Waals surface area contributed by atoms with Gasteiger partial charge in [0.15, 0.2) is 5.82 Å². The number of nitro groups is 1. The van der Waals surface area contributed by atoms with Crippen molar-refractivity contribution in [1.82, 2.24) is 0 Å². The number of benzene rings is 1. The number of hydrogen-bond acceptors (Lipinski definition) is 3. The zero-order valence-electron chi connectivity index (χ0n) is 8.94. The predicted octanol–water partition coefficient (Wildman–Crippen LogP) is 3.11. The second-order valence-corrected chi connectivity index (χ2v) is 3.49. The third kappa shape index (κ3) is 3.05. The van der Waals surface area contributed by atoms with E-state index in [1.54, 1.807) is 6.08 Å². The molecule has 4 nitrogen and oxygen atoms in total. The number of nitrogens with zero attached hydrogens (tertiary/aromatic N) is 1. The van der Waals surface area contributed by atoms with Gasteiger partial charge in [0.1, 0.15) is 0 Å². The highest BCUT2D eigenvalue weighted by Gasteiger charge is 2.11. The number of hydrogen-bond donors (Lipinski definition) is 1. The molecule has 0 heterocycles. The fourth-order valence-corrected chi connectivity index (χ4v) is 1.31. The lowest BCUT2D eigenvalue weighted by atomic mass is 10.2. The van der Waals surface area contributed by atoms with Crippen LogP contribution in [0.1, 0.15) is 13.3 Å². The van der Waals surface area contributed by atoms with Gasteiger partial charge in [0.25, 0.3) is 5.69 Å². The smallest absolute Gasteiger partial charge is 0.272 e. The average molecular weight is 224 g/mol. The number of halogens is 1. The molecule has 0 aliphatic rings. The van der Waals surface area contributed by atoms with Crippen LogP contribution in [0.25, 0.3) is 0 Å². The van der Waals surface area contributed by atoms with Crippen LogP contribution >= 0.6 is 0 Å². The van der Waals surface area contributed by atoms with E-state index in [0.717, 1.165) is 6.07 Å². The van der Waals surface area contributed by atoms with Gasteiger partial charge in [0.05, 0.1) is 16.7 Å². The van der Waals surface area contributed by atoms with Crippen LogP contribution in [0.5, 0.6) is 0 Å². The average Bonchev–Trinajstić information content (AvgIpc) is 2.21. The van der Waals surface area contributed by atoms with Crippen molar-refractivity contribution in [2.45, 2.75) is 19.4 Å². The first kappa shape index (κ1) is 12.2. The van der Waals surface area contributed by atoms with Crippen LogP contribution in [0.4, 0.5) is 15.8 Å². The van der Waals surface area contributed by atoms with E-state index in [4.69, 9.17) is 0 Å². The number of non-ortho nitro benzene ring substituents is 1. The van der Waals surface area contributed by atoms with E-state index >= 15 is 0 Å². The maximum Gasteiger partial charge on any atom is 0.272 e. The molecule has 0 aliphatic carbocycles. The summed E-state index contributed by atoms with van der Waals surface area (Å²) in [5, 5.41) is 13.3. The largest absolute Gasteiger partial charge is 0.380 e. The highest BCUT2D eigenvalue weighted by molar-refractivity contribution is 5.50. The van der Waals surface area contributed by atoms with Crippen molar-refractivity contribution in [1.29, 1.82) is 0 Å². The SMILES string of the molecule is C=CCC(C)Nc1ccc([N+](=O)[O-])cc1F. The van der Waals surface area contributed by atoms with E-state index in [9.17, 15) is 14.5 Å². The van der Waals surface area contributed by atoms with Crippen molar-refractivity contribution in [3.05, 3.63) is 46.8 Å². The van der Waals surface area contributed by atoms with Crippen LogP contribution in [0.15, 0.2) is 30.9 Å². The molecule has 0 fully saturated rings. The molecule has 16 heavy (non-hydrogen) atoms. The molecule has 0 saturated carbocycles. The summed E-state index contributed by atoms with van der Waals surface area (Å²) in [6, 6.07) is 3.58. The highest BCUT2D eigenvalue weighted by Crippen LogP contribution is 2.21. The van der Waals surface area contributed by atoms with Gasteiger partial charge in [-0.05, 0) is 19.4 Å². The molecular weight excluding hydrogens is 211 g/mol. The lowest BCUT2D eigenvalue weighted by Gasteiger charge is -2.13. The summed E-state index contributed by atoms with van der Waals surface area (Å²) in [4.78, 5) is 9.77. The Morgan fingerprint density at radius 1 is 1.69 bits per heavy atom. The Hall–Kier alpha value is -1.91. The summed E-state index contributed by atoms with van der Waals surface area (Å²) < 4.78 is 13.4. The molecule has 1 atom stereocenters. The standard InChI is InChI=1S/C11H13FN2O2/c1-3-4-8(2)13-11-6-5-9(14(15)16)7-10(11)12/h3,5-8,13H,1,4H2,2H3. The number of rotatable bonds is 5. The summed E-state index contributed by atoms with van der Waals surface area (Å²) in [6.45, 7) is 5.46. The molecule has 0 aliphatic heterocycles. The Bertz CT molecular complexity index is 407. The highest BCUT2D eigenvalue weighted by atomic mass is 19.1. The van der Waals surface area contributed by atoms with Gasteiger partial charge >= 0.3 is 0 Å². The van der Waals surface area contributed by atoms with Crippen molar-refractivity contribution in [3.63, 3.8) is 0 Å². The molecule has 1 N–H and O–H groups in total. The van der Waals surface area contributed by atoms with E-state index in [1.165, 1.54) is 12.1 Å². The van der Waals surface area contributed by atoms with Crippen molar-refractivity contribution in [3.8, 4) is 0 Å². The molecule has 0 bridgehead atoms. The Morgan fingerprint density at radius 3 is 2.88 bits per heavy atom. The van der Waals surface area contributed by atoms with Gasteiger partial charge < -0.3 is 5.32 Å². The zero-order valence-corrected chi connectivity index (χ0v) is 8.94. The van der Waals surface area contributed by atoms with E-state index in [2.05, 4.69) is 11.9 Å². The summed E-state index contributed by atoms with van der Waals surface area (Å²) in [6.07, 6.45) is 2.41. The monoisotopic (exact) mass is 224 g/mol. The molecule has 1 unspecified atom stereocenters. The second kappa shape index (κ2) is 5.25. The lowest BCUT2D eigenvalue weighted by molar-refractivity contribution is -0.385. The molecule has 1 aromatic rings. The lowest BCUT2D eigenvalue weighted by Crippen LogP contribution is -2.14. The first-order chi connectivity index (χ1) is 7.54. The van der Waals surface area contributed by atoms with Gasteiger partial charge in [0, 0.05) is 12.1 Å². The fraction of sp³-hybridized carbons (Fsp3) is 0.273. The normalized spacial score (nSPS) is 11.9. The third-order valence-corrected chi connectivity index (χ3v) is 2.09. The predicted molar refractivity (Wildman–Crippen MR) is 61.0 cm³/mol. The van der Waals surface area contributed by atoms with E-state index < -0.39 is 10.7 Å². The molecule has 5 heteroatoms. The van der Waals surface area contributed by atoms with Gasteiger partial charge in [-0.15, -0.1) is 6.58 Å². The van der Waals surface area contributed by atoms with Crippen LogP contribution < -0.4 is 5.32 Å². The van der Waals surface area contributed by atoms with E-state index in [1.807, 2.05) is 6.92 Å². The van der Waals surface area contributed by atoms with Crippen molar-refractivity contribution in [2.24, 2.45) is 0 Å². The zero-order chi connectivity index (χ0) is 12.1. The maximum atomic E-state index is 13.4. The summed E-state index contributed by atoms with van der Waals surface area (Å²) in [5.41, 5.74) is 0.0133. The number of nitro benzene ring substituents is 1. The van der Waals surface area contributed by atoms with Crippen molar-refractivity contribution in [2.75, 3.05) is 5.32 Å². The topological polar surface area (TPSA) is 55.2 Å². The molecular formula is C11H13FN2O2. The molecule has 0 spiro atoms. The first-order valence-corrected chi connectivity index (χ1v) is 4.86. The van der Waals surface area contributed by atoms with Crippen molar-refractivity contribution < 1.29 is 9.31 Å². The van der Waals surface area contributed by atoms with Crippen LogP contribution in [0, 0.1) is 15.9 Å².